The van der Waals surface area contributed by atoms with E-state index in [9.17, 15) is 22.8 Å². The van der Waals surface area contributed by atoms with Gasteiger partial charge < -0.3 is 19.9 Å². The van der Waals surface area contributed by atoms with Crippen molar-refractivity contribution in [2.24, 2.45) is 5.92 Å². The summed E-state index contributed by atoms with van der Waals surface area (Å²) in [5, 5.41) is 9.44. The van der Waals surface area contributed by atoms with Crippen molar-refractivity contribution in [3.63, 3.8) is 0 Å². The Kier molecular flexibility index (Phi) is 8.63. The summed E-state index contributed by atoms with van der Waals surface area (Å²) in [7, 11) is 0. The molecule has 0 bridgehead atoms. The molecule has 2 N–H and O–H groups in total. The van der Waals surface area contributed by atoms with Crippen LogP contribution < -0.4 is 10.6 Å². The highest BCUT2D eigenvalue weighted by molar-refractivity contribution is 5.78. The summed E-state index contributed by atoms with van der Waals surface area (Å²) in [6.45, 7) is 8.89. The van der Waals surface area contributed by atoms with Crippen molar-refractivity contribution in [3.05, 3.63) is 46.9 Å². The Labute approximate surface area is 208 Å². The third-order valence-electron chi connectivity index (χ3n) is 5.90. The molecular formula is C25H33F3N4O4. The fourth-order valence-corrected chi connectivity index (χ4v) is 3.65. The molecule has 3 atom stereocenters. The van der Waals surface area contributed by atoms with Crippen LogP contribution in [0.2, 0.25) is 0 Å². The lowest BCUT2D eigenvalue weighted by Gasteiger charge is -2.25. The number of nitrogens with one attached hydrogen (secondary N) is 2. The second-order valence-electron chi connectivity index (χ2n) is 10.3. The summed E-state index contributed by atoms with van der Waals surface area (Å²) in [4.78, 5) is 29.9. The molecule has 1 aliphatic rings. The first-order chi connectivity index (χ1) is 16.9. The van der Waals surface area contributed by atoms with Crippen LogP contribution in [0.15, 0.2) is 16.7 Å². The minimum atomic E-state index is -1.33. The Bertz CT molecular complexity index is 1080. The molecule has 1 fully saturated rings. The molecule has 11 heteroatoms. The maximum absolute atomic E-state index is 14.3. The van der Waals surface area contributed by atoms with Gasteiger partial charge in [0, 0.05) is 24.4 Å². The number of rotatable bonds is 10. The van der Waals surface area contributed by atoms with Crippen LogP contribution in [-0.2, 0) is 16.0 Å². The molecule has 0 radical (unpaired) electrons. The minimum absolute atomic E-state index is 0.0395. The number of hydrogen-bond acceptors (Lipinski definition) is 6. The van der Waals surface area contributed by atoms with Crippen LogP contribution in [0.3, 0.4) is 0 Å². The number of halogens is 3. The number of carbonyl (C=O) groups excluding carboxylic acids is 2. The lowest BCUT2D eigenvalue weighted by molar-refractivity contribution is -0.122. The first kappa shape index (κ1) is 27.5. The van der Waals surface area contributed by atoms with Crippen molar-refractivity contribution in [3.8, 4) is 0 Å². The fraction of sp³-hybridized carbons (Fsp3) is 0.600. The van der Waals surface area contributed by atoms with Gasteiger partial charge in [-0.3, -0.25) is 4.79 Å². The molecule has 8 nitrogen and oxygen atoms in total. The quantitative estimate of drug-likeness (QED) is 0.431. The van der Waals surface area contributed by atoms with E-state index in [-0.39, 0.29) is 30.2 Å². The van der Waals surface area contributed by atoms with E-state index in [4.69, 9.17) is 9.26 Å². The lowest BCUT2D eigenvalue weighted by atomic mass is 9.97. The van der Waals surface area contributed by atoms with Crippen molar-refractivity contribution < 1.29 is 32.0 Å². The third-order valence-corrected chi connectivity index (χ3v) is 5.90. The summed E-state index contributed by atoms with van der Waals surface area (Å²) in [5.74, 6) is -2.87. The van der Waals surface area contributed by atoms with E-state index >= 15 is 0 Å². The van der Waals surface area contributed by atoms with Gasteiger partial charge >= 0.3 is 6.09 Å². The van der Waals surface area contributed by atoms with E-state index in [1.54, 1.807) is 20.8 Å². The smallest absolute Gasteiger partial charge is 0.407 e. The second-order valence-corrected chi connectivity index (χ2v) is 10.3. The average Bonchev–Trinajstić information content (AvgIpc) is 3.51. The summed E-state index contributed by atoms with van der Waals surface area (Å²) in [6.07, 6.45) is 1.33. The van der Waals surface area contributed by atoms with Crippen LogP contribution in [0.4, 0.5) is 18.0 Å². The normalized spacial score (nSPS) is 16.2. The van der Waals surface area contributed by atoms with Gasteiger partial charge in [0.05, 0.1) is 0 Å². The predicted octanol–water partition coefficient (Wildman–Crippen LogP) is 5.09. The zero-order valence-electron chi connectivity index (χ0n) is 21.2. The molecule has 198 valence electrons. The van der Waals surface area contributed by atoms with Gasteiger partial charge in [0.1, 0.15) is 17.5 Å². The molecular weight excluding hydrogens is 477 g/mol. The lowest BCUT2D eigenvalue weighted by Crippen LogP contribution is -2.44. The first-order valence-corrected chi connectivity index (χ1v) is 12.1. The highest BCUT2D eigenvalue weighted by Crippen LogP contribution is 2.39. The number of aromatic nitrogens is 2. The molecule has 36 heavy (non-hydrogen) atoms. The predicted molar refractivity (Wildman–Crippen MR) is 124 cm³/mol. The van der Waals surface area contributed by atoms with Gasteiger partial charge in [0.15, 0.2) is 17.5 Å². The molecule has 1 heterocycles. The van der Waals surface area contributed by atoms with E-state index in [1.807, 2.05) is 13.8 Å². The molecule has 0 aliphatic heterocycles. The van der Waals surface area contributed by atoms with Crippen molar-refractivity contribution in [1.82, 2.24) is 20.8 Å². The van der Waals surface area contributed by atoms with Crippen LogP contribution in [0, 0.1) is 23.4 Å². The molecule has 0 spiro atoms. The van der Waals surface area contributed by atoms with Gasteiger partial charge in [0.25, 0.3) is 0 Å². The maximum Gasteiger partial charge on any atom is 0.407 e. The van der Waals surface area contributed by atoms with Crippen molar-refractivity contribution in [2.45, 2.75) is 90.3 Å². The van der Waals surface area contributed by atoms with E-state index in [0.29, 0.717) is 30.3 Å². The maximum atomic E-state index is 14.3. The highest BCUT2D eigenvalue weighted by Gasteiger charge is 2.33. The third kappa shape index (κ3) is 7.69. The van der Waals surface area contributed by atoms with E-state index in [1.165, 1.54) is 0 Å². The van der Waals surface area contributed by atoms with Crippen molar-refractivity contribution in [1.29, 1.82) is 0 Å². The molecule has 1 aliphatic carbocycles. The van der Waals surface area contributed by atoms with Gasteiger partial charge in [-0.2, -0.15) is 4.98 Å². The van der Waals surface area contributed by atoms with Gasteiger partial charge in [-0.15, -0.1) is 0 Å². The van der Waals surface area contributed by atoms with E-state index in [2.05, 4.69) is 20.8 Å². The number of alkyl carbamates (subject to hydrolysis) is 1. The number of hydrogen-bond donors (Lipinski definition) is 2. The van der Waals surface area contributed by atoms with Crippen LogP contribution >= 0.6 is 0 Å². The Hall–Kier alpha value is -3.11. The van der Waals surface area contributed by atoms with Gasteiger partial charge in [0.2, 0.25) is 11.8 Å². The summed E-state index contributed by atoms with van der Waals surface area (Å²) in [5.41, 5.74) is -1.00. The Morgan fingerprint density at radius 1 is 1.14 bits per heavy atom. The Balaban J connectivity index is 1.76. The second kappa shape index (κ2) is 11.3. The molecule has 1 aromatic heterocycles. The number of carbonyl (C=O) groups is 2. The topological polar surface area (TPSA) is 106 Å². The van der Waals surface area contributed by atoms with Gasteiger partial charge in [-0.25, -0.2) is 18.0 Å². The van der Waals surface area contributed by atoms with Crippen LogP contribution in [-0.4, -0.2) is 33.8 Å². The molecule has 2 unspecified atom stereocenters. The zero-order chi connectivity index (χ0) is 26.6. The number of benzene rings is 1. The molecule has 2 aromatic rings. The molecule has 0 saturated heterocycles. The summed E-state index contributed by atoms with van der Waals surface area (Å²) in [6, 6.07) is -0.390. The highest BCUT2D eigenvalue weighted by atomic mass is 19.2. The first-order valence-electron chi connectivity index (χ1n) is 12.1. The molecule has 1 aromatic carbocycles. The van der Waals surface area contributed by atoms with E-state index < -0.39 is 47.1 Å². The number of amides is 2. The largest absolute Gasteiger partial charge is 0.444 e. The summed E-state index contributed by atoms with van der Waals surface area (Å²) >= 11 is 0. The Morgan fingerprint density at radius 2 is 1.81 bits per heavy atom. The summed E-state index contributed by atoms with van der Waals surface area (Å²) < 4.78 is 52.1. The van der Waals surface area contributed by atoms with E-state index in [0.717, 1.165) is 12.8 Å². The zero-order valence-corrected chi connectivity index (χ0v) is 21.2. The van der Waals surface area contributed by atoms with Gasteiger partial charge in [-0.05, 0) is 57.6 Å². The van der Waals surface area contributed by atoms with Crippen LogP contribution in [0.1, 0.15) is 89.5 Å². The van der Waals surface area contributed by atoms with Crippen molar-refractivity contribution in [2.75, 3.05) is 0 Å². The van der Waals surface area contributed by atoms with Gasteiger partial charge in [-0.1, -0.05) is 25.4 Å². The van der Waals surface area contributed by atoms with Crippen molar-refractivity contribution >= 4 is 12.0 Å². The number of nitrogens with zero attached hydrogens (tertiary/aromatic N) is 2. The van der Waals surface area contributed by atoms with Crippen LogP contribution in [0.5, 0.6) is 0 Å². The monoisotopic (exact) mass is 510 g/mol. The molecule has 2 amide bonds. The molecule has 3 rings (SSSR count). The number of ether oxygens (including phenoxy) is 1. The average molecular weight is 511 g/mol. The van der Waals surface area contributed by atoms with Crippen LogP contribution in [0.25, 0.3) is 0 Å². The fourth-order valence-electron chi connectivity index (χ4n) is 3.65. The standard InChI is InChI=1S/C25H33F3N4O4/c1-6-13(2)21(23-31-22(32-36-23)14-7-8-14)30-20(33)11-16(29-24(34)35-25(3,4)5)9-15-10-18(27)19(28)12-17(15)26/h10,12-14,16,21H,6-9,11H2,1-5H3,(H,29,34)(H,30,33)/t13?,16?,21-/m0/s1. The molecule has 1 saturated carbocycles. The Morgan fingerprint density at radius 3 is 2.42 bits per heavy atom. The SMILES string of the molecule is CCC(C)[C@H](NC(=O)CC(Cc1cc(F)c(F)cc1F)NC(=O)OC(C)(C)C)c1nc(C2CC2)no1. The minimum Gasteiger partial charge on any atom is -0.444 e.